The predicted molar refractivity (Wildman–Crippen MR) is 159 cm³/mol. The number of fused-ring (bicyclic) bond motifs is 1. The molecular formula is C32H33ClFN3O6. The SMILES string of the molecule is CC(Oc1ccccc1-c1ccc(C(=O)N2CCC(N3C(=O)C(C)(C)Oc4ncc(Cl)cc43)CC2)c(F)c1)C(C)C(=O)O. The first-order chi connectivity index (χ1) is 20.4. The molecule has 43 heavy (non-hydrogen) atoms. The number of pyridine rings is 1. The summed E-state index contributed by atoms with van der Waals surface area (Å²) < 4.78 is 27.2. The Bertz CT molecular complexity index is 1570. The fourth-order valence-electron chi connectivity index (χ4n) is 5.38. The van der Waals surface area contributed by atoms with Crippen molar-refractivity contribution in [3.05, 3.63) is 71.1 Å². The van der Waals surface area contributed by atoms with E-state index in [0.717, 1.165) is 0 Å². The van der Waals surface area contributed by atoms with Gasteiger partial charge in [0, 0.05) is 30.9 Å². The van der Waals surface area contributed by atoms with Gasteiger partial charge in [0.25, 0.3) is 11.8 Å². The second kappa shape index (κ2) is 11.8. The van der Waals surface area contributed by atoms with Gasteiger partial charge < -0.3 is 24.4 Å². The summed E-state index contributed by atoms with van der Waals surface area (Å²) in [7, 11) is 0. The molecule has 9 nitrogen and oxygen atoms in total. The number of benzene rings is 2. The topological polar surface area (TPSA) is 109 Å². The molecule has 0 spiro atoms. The van der Waals surface area contributed by atoms with E-state index in [0.29, 0.717) is 59.4 Å². The van der Waals surface area contributed by atoms with Gasteiger partial charge in [-0.25, -0.2) is 9.37 Å². The Balaban J connectivity index is 1.30. The summed E-state index contributed by atoms with van der Waals surface area (Å²) in [5.74, 6) is -2.30. The van der Waals surface area contributed by atoms with Gasteiger partial charge in [0.2, 0.25) is 5.88 Å². The van der Waals surface area contributed by atoms with E-state index >= 15 is 4.39 Å². The van der Waals surface area contributed by atoms with E-state index in [1.165, 1.54) is 18.3 Å². The van der Waals surface area contributed by atoms with Gasteiger partial charge in [-0.1, -0.05) is 35.9 Å². The lowest BCUT2D eigenvalue weighted by atomic mass is 9.96. The van der Waals surface area contributed by atoms with E-state index in [1.54, 1.807) is 73.9 Å². The molecule has 226 valence electrons. The van der Waals surface area contributed by atoms with Crippen molar-refractivity contribution >= 4 is 35.1 Å². The number of carbonyl (C=O) groups excluding carboxylic acids is 2. The van der Waals surface area contributed by atoms with E-state index in [2.05, 4.69) is 4.98 Å². The van der Waals surface area contributed by atoms with Gasteiger partial charge in [-0.3, -0.25) is 14.4 Å². The maximum Gasteiger partial charge on any atom is 0.309 e. The summed E-state index contributed by atoms with van der Waals surface area (Å²) in [6.45, 7) is 7.26. The third kappa shape index (κ3) is 6.01. The molecule has 11 heteroatoms. The molecular weight excluding hydrogens is 577 g/mol. The lowest BCUT2D eigenvalue weighted by Gasteiger charge is -2.44. The van der Waals surface area contributed by atoms with Crippen LogP contribution in [0.25, 0.3) is 11.1 Å². The number of anilines is 1. The van der Waals surface area contributed by atoms with E-state index in [4.69, 9.17) is 21.1 Å². The van der Waals surface area contributed by atoms with Crippen LogP contribution >= 0.6 is 11.6 Å². The van der Waals surface area contributed by atoms with E-state index in [-0.39, 0.29) is 17.5 Å². The third-order valence-corrected chi connectivity index (χ3v) is 8.27. The van der Waals surface area contributed by atoms with Crippen LogP contribution in [0.4, 0.5) is 10.1 Å². The number of aromatic nitrogens is 1. The van der Waals surface area contributed by atoms with Crippen molar-refractivity contribution in [2.45, 2.75) is 58.3 Å². The molecule has 0 bridgehead atoms. The van der Waals surface area contributed by atoms with Crippen molar-refractivity contribution in [3.63, 3.8) is 0 Å². The first-order valence-corrected chi connectivity index (χ1v) is 14.5. The van der Waals surface area contributed by atoms with Crippen molar-refractivity contribution in [1.82, 2.24) is 9.88 Å². The minimum atomic E-state index is -1.11. The number of amides is 2. The van der Waals surface area contributed by atoms with Crippen molar-refractivity contribution in [3.8, 4) is 22.8 Å². The average Bonchev–Trinajstić information content (AvgIpc) is 2.97. The van der Waals surface area contributed by atoms with Crippen LogP contribution in [0.15, 0.2) is 54.7 Å². The number of nitrogens with zero attached hydrogens (tertiary/aromatic N) is 3. The zero-order valence-corrected chi connectivity index (χ0v) is 25.1. The van der Waals surface area contributed by atoms with Crippen LogP contribution in [-0.2, 0) is 9.59 Å². The molecule has 2 aliphatic rings. The molecule has 0 saturated carbocycles. The van der Waals surface area contributed by atoms with Gasteiger partial charge in [-0.2, -0.15) is 0 Å². The Morgan fingerprint density at radius 2 is 1.84 bits per heavy atom. The maximum absolute atomic E-state index is 15.4. The Labute approximate surface area is 254 Å². The third-order valence-electron chi connectivity index (χ3n) is 8.06. The molecule has 2 atom stereocenters. The summed E-state index contributed by atoms with van der Waals surface area (Å²) in [6, 6.07) is 12.8. The maximum atomic E-state index is 15.4. The zero-order valence-electron chi connectivity index (χ0n) is 24.3. The van der Waals surface area contributed by atoms with Crippen LogP contribution in [0, 0.1) is 11.7 Å². The predicted octanol–water partition coefficient (Wildman–Crippen LogP) is 5.84. The highest BCUT2D eigenvalue weighted by atomic mass is 35.5. The second-order valence-electron chi connectivity index (χ2n) is 11.4. The number of likely N-dealkylation sites (tertiary alicyclic amines) is 1. The van der Waals surface area contributed by atoms with Crippen LogP contribution in [0.1, 0.15) is 50.9 Å². The van der Waals surface area contributed by atoms with Crippen LogP contribution in [0.3, 0.4) is 0 Å². The largest absolute Gasteiger partial charge is 0.489 e. The quantitative estimate of drug-likeness (QED) is 0.358. The molecule has 1 saturated heterocycles. The van der Waals surface area contributed by atoms with Gasteiger partial charge in [0.05, 0.1) is 16.5 Å². The molecule has 1 fully saturated rings. The van der Waals surface area contributed by atoms with Gasteiger partial charge in [0.15, 0.2) is 5.60 Å². The minimum absolute atomic E-state index is 0.0571. The molecule has 1 N–H and O–H groups in total. The molecule has 5 rings (SSSR count). The van der Waals surface area contributed by atoms with Crippen LogP contribution in [0.5, 0.6) is 11.6 Å². The molecule has 2 aliphatic heterocycles. The zero-order chi connectivity index (χ0) is 31.1. The summed E-state index contributed by atoms with van der Waals surface area (Å²) in [5.41, 5.74) is 0.413. The van der Waals surface area contributed by atoms with Crippen LogP contribution < -0.4 is 14.4 Å². The highest BCUT2D eigenvalue weighted by molar-refractivity contribution is 6.31. The number of halogens is 2. The number of carbonyl (C=O) groups is 3. The number of ether oxygens (including phenoxy) is 2. The van der Waals surface area contributed by atoms with Gasteiger partial charge in [-0.15, -0.1) is 0 Å². The molecule has 2 unspecified atom stereocenters. The Kier molecular flexibility index (Phi) is 8.34. The van der Waals surface area contributed by atoms with Gasteiger partial charge in [-0.05, 0) is 70.4 Å². The fraction of sp³-hybridized carbons (Fsp3) is 0.375. The Morgan fingerprint density at radius 3 is 2.51 bits per heavy atom. The summed E-state index contributed by atoms with van der Waals surface area (Å²) in [6.07, 6.45) is 1.82. The van der Waals surface area contributed by atoms with Crippen molar-refractivity contribution in [1.29, 1.82) is 0 Å². The first-order valence-electron chi connectivity index (χ1n) is 14.1. The minimum Gasteiger partial charge on any atom is -0.489 e. The molecule has 3 aromatic rings. The number of hydrogen-bond donors (Lipinski definition) is 1. The lowest BCUT2D eigenvalue weighted by Crippen LogP contribution is -2.58. The second-order valence-corrected chi connectivity index (χ2v) is 11.9. The highest BCUT2D eigenvalue weighted by Crippen LogP contribution is 2.40. The molecule has 3 heterocycles. The molecule has 1 aromatic heterocycles. The van der Waals surface area contributed by atoms with Crippen LogP contribution in [0.2, 0.25) is 5.02 Å². The van der Waals surface area contributed by atoms with Crippen molar-refractivity contribution in [2.75, 3.05) is 18.0 Å². The average molecular weight is 610 g/mol. The number of carboxylic acid groups (broad SMARTS) is 1. The number of hydrogen-bond acceptors (Lipinski definition) is 6. The molecule has 2 amide bonds. The molecule has 0 aliphatic carbocycles. The number of para-hydroxylation sites is 1. The highest BCUT2D eigenvalue weighted by Gasteiger charge is 2.45. The normalized spacial score (nSPS) is 18.0. The van der Waals surface area contributed by atoms with Gasteiger partial charge >= 0.3 is 5.97 Å². The summed E-state index contributed by atoms with van der Waals surface area (Å²) >= 11 is 6.18. The number of piperidine rings is 1. The Morgan fingerprint density at radius 1 is 1.14 bits per heavy atom. The molecule has 0 radical (unpaired) electrons. The monoisotopic (exact) mass is 609 g/mol. The van der Waals surface area contributed by atoms with Crippen molar-refractivity contribution < 1.29 is 33.4 Å². The van der Waals surface area contributed by atoms with Gasteiger partial charge in [0.1, 0.15) is 23.4 Å². The standard InChI is InChI=1S/C32H33ClFN3O6/c1-18(30(39)40)19(2)42-27-8-6-5-7-23(27)20-9-10-24(25(34)15-20)29(38)36-13-11-22(12-14-36)37-26-16-21(33)17-35-28(26)43-32(3,4)31(37)41/h5-10,15-19,22H,11-14H2,1-4H3,(H,39,40). The summed E-state index contributed by atoms with van der Waals surface area (Å²) in [4.78, 5) is 45.6. The lowest BCUT2D eigenvalue weighted by molar-refractivity contribution is -0.143. The Hall–Kier alpha value is -4.18. The van der Waals surface area contributed by atoms with Crippen LogP contribution in [-0.4, -0.2) is 63.6 Å². The number of aliphatic carboxylic acids is 1. The molecule has 2 aromatic carbocycles. The van der Waals surface area contributed by atoms with E-state index in [1.807, 2.05) is 0 Å². The number of rotatable bonds is 7. The number of carboxylic acids is 1. The smallest absolute Gasteiger partial charge is 0.309 e. The van der Waals surface area contributed by atoms with E-state index in [9.17, 15) is 19.5 Å². The fourth-order valence-corrected chi connectivity index (χ4v) is 5.53. The first kappa shape index (κ1) is 30.3. The van der Waals surface area contributed by atoms with Crippen molar-refractivity contribution in [2.24, 2.45) is 5.92 Å². The summed E-state index contributed by atoms with van der Waals surface area (Å²) in [5, 5.41) is 9.69. The van der Waals surface area contributed by atoms with E-state index < -0.39 is 35.3 Å².